The number of carbonyl (C=O) groups is 3. The minimum atomic E-state index is -0.811. The highest BCUT2D eigenvalue weighted by atomic mass is 16.6. The zero-order valence-electron chi connectivity index (χ0n) is 53.0. The van der Waals surface area contributed by atoms with Crippen molar-refractivity contribution in [1.82, 2.24) is 0 Å². The van der Waals surface area contributed by atoms with E-state index in [0.29, 0.717) is 12.8 Å². The minimum Gasteiger partial charge on any atom is -0.462 e. The van der Waals surface area contributed by atoms with Crippen LogP contribution in [0.4, 0.5) is 0 Å². The van der Waals surface area contributed by atoms with E-state index in [-0.39, 0.29) is 37.5 Å². The molecular formula is C75H126O6. The molecule has 0 spiro atoms. The van der Waals surface area contributed by atoms with Crippen LogP contribution >= 0.6 is 0 Å². The number of carbonyl (C=O) groups excluding carboxylic acids is 3. The molecule has 0 rings (SSSR count). The van der Waals surface area contributed by atoms with Gasteiger partial charge >= 0.3 is 17.9 Å². The molecule has 0 fully saturated rings. The van der Waals surface area contributed by atoms with Crippen LogP contribution in [-0.2, 0) is 28.6 Å². The average Bonchev–Trinajstić information content (AvgIpc) is 3.46. The van der Waals surface area contributed by atoms with Crippen molar-refractivity contribution in [2.75, 3.05) is 13.2 Å². The van der Waals surface area contributed by atoms with Gasteiger partial charge in [-0.25, -0.2) is 0 Å². The Morgan fingerprint density at radius 3 is 0.765 bits per heavy atom. The van der Waals surface area contributed by atoms with Crippen molar-refractivity contribution in [2.45, 2.75) is 322 Å². The highest BCUT2D eigenvalue weighted by molar-refractivity contribution is 5.71. The van der Waals surface area contributed by atoms with E-state index < -0.39 is 6.10 Å². The summed E-state index contributed by atoms with van der Waals surface area (Å²) < 4.78 is 16.9. The number of hydrogen-bond acceptors (Lipinski definition) is 6. The number of esters is 3. The van der Waals surface area contributed by atoms with Gasteiger partial charge in [0.25, 0.3) is 0 Å². The van der Waals surface area contributed by atoms with Crippen LogP contribution in [0.2, 0.25) is 0 Å². The quantitative estimate of drug-likeness (QED) is 0.0261. The summed E-state index contributed by atoms with van der Waals surface area (Å²) in [5.41, 5.74) is 0. The molecule has 0 aliphatic heterocycles. The van der Waals surface area contributed by atoms with Gasteiger partial charge in [0.2, 0.25) is 0 Å². The van der Waals surface area contributed by atoms with Gasteiger partial charge in [0.1, 0.15) is 13.2 Å². The van der Waals surface area contributed by atoms with Crippen LogP contribution in [0.15, 0.2) is 122 Å². The summed E-state index contributed by atoms with van der Waals surface area (Å²) >= 11 is 0. The lowest BCUT2D eigenvalue weighted by Gasteiger charge is -2.18. The molecule has 0 aliphatic carbocycles. The van der Waals surface area contributed by atoms with Gasteiger partial charge in [0.15, 0.2) is 6.10 Å². The Hall–Kier alpha value is -4.19. The summed E-state index contributed by atoms with van der Waals surface area (Å²) in [6, 6.07) is 0. The number of unbranched alkanes of at least 4 members (excludes halogenated alkanes) is 30. The molecule has 0 aromatic heterocycles. The maximum Gasteiger partial charge on any atom is 0.306 e. The molecular weight excluding hydrogens is 997 g/mol. The van der Waals surface area contributed by atoms with Crippen molar-refractivity contribution in [1.29, 1.82) is 0 Å². The maximum absolute atomic E-state index is 12.9. The molecule has 0 bridgehead atoms. The SMILES string of the molecule is CC/C=C\C/C=C\C/C=C\C/C=C\C/C=C\CCCCCC(=O)OC(COC(=O)CCCCC/C=C\C/C=C\C/C=C\CC)COC(=O)CCCCCCCCCCCCCCCCCCCCC/C=C\C/C=C\CCCCCCC. The van der Waals surface area contributed by atoms with E-state index in [1.165, 1.54) is 148 Å². The van der Waals surface area contributed by atoms with E-state index in [1.807, 2.05) is 0 Å². The number of allylic oxidation sites excluding steroid dienone is 20. The van der Waals surface area contributed by atoms with E-state index >= 15 is 0 Å². The lowest BCUT2D eigenvalue weighted by atomic mass is 10.0. The normalized spacial score (nSPS) is 12.9. The van der Waals surface area contributed by atoms with E-state index in [0.717, 1.165) is 128 Å². The second kappa shape index (κ2) is 68.3. The van der Waals surface area contributed by atoms with Gasteiger partial charge in [-0.3, -0.25) is 14.4 Å². The standard InChI is InChI=1S/C75H126O6/c1-4-7-10-13-16-19-22-25-27-29-31-32-33-34-35-36-37-38-39-40-41-42-44-45-47-50-53-56-59-62-65-68-74(77)80-71-72(70-79-73(76)67-64-61-58-55-52-49-24-21-18-15-12-9-6-3)81-75(78)69-66-63-60-57-54-51-48-46-43-30-28-26-23-20-17-14-11-8-5-2/h8-9,11-12,17-18,20-22,25-26,28-29,31,43,46,49,51-52,54,72H,4-7,10,13-16,19,23-24,27,30,32-42,44-45,47-48,50,53,55-71H2,1-3H3/b11-8-,12-9-,20-17-,21-18-,25-22-,28-26-,31-29-,46-43-,52-49-,54-51-. The van der Waals surface area contributed by atoms with Gasteiger partial charge in [-0.2, -0.15) is 0 Å². The molecule has 0 aliphatic rings. The largest absolute Gasteiger partial charge is 0.462 e. The monoisotopic (exact) mass is 1120 g/mol. The van der Waals surface area contributed by atoms with Gasteiger partial charge in [0.05, 0.1) is 0 Å². The molecule has 0 aromatic rings. The molecule has 6 nitrogen and oxygen atoms in total. The summed E-state index contributed by atoms with van der Waals surface area (Å²) in [6.07, 6.45) is 95.2. The van der Waals surface area contributed by atoms with Crippen molar-refractivity contribution in [3.05, 3.63) is 122 Å². The smallest absolute Gasteiger partial charge is 0.306 e. The Balaban J connectivity index is 4.26. The van der Waals surface area contributed by atoms with E-state index in [1.54, 1.807) is 0 Å². The summed E-state index contributed by atoms with van der Waals surface area (Å²) in [5.74, 6) is -0.958. The van der Waals surface area contributed by atoms with Gasteiger partial charge in [-0.05, 0) is 128 Å². The van der Waals surface area contributed by atoms with Gasteiger partial charge in [0, 0.05) is 19.3 Å². The molecule has 81 heavy (non-hydrogen) atoms. The summed E-state index contributed by atoms with van der Waals surface area (Å²) in [5, 5.41) is 0. The fraction of sp³-hybridized carbons (Fsp3) is 0.693. The summed E-state index contributed by atoms with van der Waals surface area (Å²) in [6.45, 7) is 6.37. The van der Waals surface area contributed by atoms with Crippen molar-refractivity contribution >= 4 is 17.9 Å². The molecule has 462 valence electrons. The third-order valence-corrected chi connectivity index (χ3v) is 14.4. The molecule has 0 heterocycles. The average molecular weight is 1120 g/mol. The molecule has 0 N–H and O–H groups in total. The second-order valence-electron chi connectivity index (χ2n) is 22.3. The Bertz CT molecular complexity index is 1670. The Morgan fingerprint density at radius 2 is 0.481 bits per heavy atom. The zero-order valence-corrected chi connectivity index (χ0v) is 53.0. The topological polar surface area (TPSA) is 78.9 Å². The molecule has 0 radical (unpaired) electrons. The van der Waals surface area contributed by atoms with Crippen LogP contribution in [0.3, 0.4) is 0 Å². The van der Waals surface area contributed by atoms with Crippen LogP contribution in [0.1, 0.15) is 316 Å². The predicted octanol–water partition coefficient (Wildman–Crippen LogP) is 23.6. The molecule has 6 heteroatoms. The van der Waals surface area contributed by atoms with Gasteiger partial charge in [-0.15, -0.1) is 0 Å². The molecule has 0 amide bonds. The summed E-state index contributed by atoms with van der Waals surface area (Å²) in [7, 11) is 0. The van der Waals surface area contributed by atoms with Crippen LogP contribution in [0, 0.1) is 0 Å². The van der Waals surface area contributed by atoms with E-state index in [2.05, 4.69) is 142 Å². The van der Waals surface area contributed by atoms with Crippen molar-refractivity contribution in [2.24, 2.45) is 0 Å². The molecule has 0 aromatic carbocycles. The second-order valence-corrected chi connectivity index (χ2v) is 22.3. The Kier molecular flexibility index (Phi) is 64.8. The summed E-state index contributed by atoms with van der Waals surface area (Å²) in [4.78, 5) is 38.3. The van der Waals surface area contributed by atoms with Crippen LogP contribution in [0.25, 0.3) is 0 Å². The third-order valence-electron chi connectivity index (χ3n) is 14.4. The van der Waals surface area contributed by atoms with Gasteiger partial charge < -0.3 is 14.2 Å². The lowest BCUT2D eigenvalue weighted by Crippen LogP contribution is -2.30. The number of ether oxygens (including phenoxy) is 3. The predicted molar refractivity (Wildman–Crippen MR) is 353 cm³/mol. The first-order chi connectivity index (χ1) is 40.0. The van der Waals surface area contributed by atoms with E-state index in [9.17, 15) is 14.4 Å². The van der Waals surface area contributed by atoms with Crippen LogP contribution < -0.4 is 0 Å². The van der Waals surface area contributed by atoms with Crippen LogP contribution in [0.5, 0.6) is 0 Å². The zero-order chi connectivity index (χ0) is 58.5. The lowest BCUT2D eigenvalue weighted by molar-refractivity contribution is -0.167. The highest BCUT2D eigenvalue weighted by Gasteiger charge is 2.19. The van der Waals surface area contributed by atoms with Gasteiger partial charge in [-0.1, -0.05) is 290 Å². The first kappa shape index (κ1) is 76.8. The third kappa shape index (κ3) is 66.5. The van der Waals surface area contributed by atoms with E-state index in [4.69, 9.17) is 14.2 Å². The van der Waals surface area contributed by atoms with Crippen molar-refractivity contribution in [3.63, 3.8) is 0 Å². The molecule has 1 atom stereocenters. The van der Waals surface area contributed by atoms with Crippen molar-refractivity contribution < 1.29 is 28.6 Å². The Morgan fingerprint density at radius 1 is 0.259 bits per heavy atom. The Labute approximate surface area is 501 Å². The van der Waals surface area contributed by atoms with Crippen LogP contribution in [-0.4, -0.2) is 37.2 Å². The van der Waals surface area contributed by atoms with Crippen molar-refractivity contribution in [3.8, 4) is 0 Å². The number of rotatable bonds is 61. The fourth-order valence-corrected chi connectivity index (χ4v) is 9.40. The maximum atomic E-state index is 12.9. The molecule has 0 saturated carbocycles. The molecule has 1 unspecified atom stereocenters. The first-order valence-corrected chi connectivity index (χ1v) is 34.0. The fourth-order valence-electron chi connectivity index (χ4n) is 9.40. The number of hydrogen-bond donors (Lipinski definition) is 0. The first-order valence-electron chi connectivity index (χ1n) is 34.0. The highest BCUT2D eigenvalue weighted by Crippen LogP contribution is 2.17. The molecule has 0 saturated heterocycles. The minimum absolute atomic E-state index is 0.101.